The van der Waals surface area contributed by atoms with Gasteiger partial charge in [0.2, 0.25) is 5.91 Å². The van der Waals surface area contributed by atoms with Gasteiger partial charge in [0.15, 0.2) is 9.84 Å². The molecule has 0 radical (unpaired) electrons. The number of carbonyl (C=O) groups is 3. The van der Waals surface area contributed by atoms with Gasteiger partial charge in [-0.1, -0.05) is 12.1 Å². The highest BCUT2D eigenvalue weighted by molar-refractivity contribution is 7.90. The Balaban J connectivity index is 2.26. The number of nitrogens with zero attached hydrogens (tertiary/aromatic N) is 2. The van der Waals surface area contributed by atoms with Crippen molar-refractivity contribution < 1.29 is 32.3 Å². The molecular weight excluding hydrogens is 474 g/mol. The summed E-state index contributed by atoms with van der Waals surface area (Å²) in [4.78, 5) is 40.7. The molecule has 0 bridgehead atoms. The van der Waals surface area contributed by atoms with Gasteiger partial charge in [-0.15, -0.1) is 0 Å². The van der Waals surface area contributed by atoms with Crippen molar-refractivity contribution in [1.29, 1.82) is 0 Å². The van der Waals surface area contributed by atoms with Crippen LogP contribution in [-0.2, 0) is 24.1 Å². The van der Waals surface area contributed by atoms with Crippen LogP contribution in [0.1, 0.15) is 27.7 Å². The molecule has 0 saturated heterocycles. The van der Waals surface area contributed by atoms with Crippen molar-refractivity contribution in [3.63, 3.8) is 0 Å². The molecule has 11 heteroatoms. The fourth-order valence-electron chi connectivity index (χ4n) is 3.97. The molecule has 1 unspecified atom stereocenters. The van der Waals surface area contributed by atoms with E-state index in [1.54, 1.807) is 43.0 Å². The van der Waals surface area contributed by atoms with E-state index in [4.69, 9.17) is 9.47 Å². The normalized spacial score (nSPS) is 15.5. The van der Waals surface area contributed by atoms with Crippen molar-refractivity contribution in [3.8, 4) is 11.1 Å². The molecule has 0 saturated carbocycles. The molecule has 188 valence electrons. The molecule has 1 aliphatic heterocycles. The predicted octanol–water partition coefficient (Wildman–Crippen LogP) is 4.04. The number of ether oxygens (including phenoxy) is 2. The molecule has 0 aliphatic carbocycles. The maximum atomic E-state index is 12.9. The Labute approximate surface area is 204 Å². The van der Waals surface area contributed by atoms with Crippen molar-refractivity contribution in [2.24, 2.45) is 0 Å². The van der Waals surface area contributed by atoms with Crippen LogP contribution in [0.3, 0.4) is 0 Å². The molecule has 1 N–H and O–H groups in total. The van der Waals surface area contributed by atoms with Gasteiger partial charge in [0.1, 0.15) is 0 Å². The van der Waals surface area contributed by atoms with E-state index in [-0.39, 0.29) is 29.5 Å². The van der Waals surface area contributed by atoms with Crippen LogP contribution >= 0.6 is 0 Å². The summed E-state index contributed by atoms with van der Waals surface area (Å²) in [5.74, 6) is -0.232. The zero-order valence-electron chi connectivity index (χ0n) is 20.5. The third-order valence-corrected chi connectivity index (χ3v) is 6.59. The lowest BCUT2D eigenvalue weighted by Crippen LogP contribution is -2.51. The van der Waals surface area contributed by atoms with Crippen LogP contribution in [-0.4, -0.2) is 58.6 Å². The number of benzene rings is 2. The van der Waals surface area contributed by atoms with Crippen LogP contribution in [0.2, 0.25) is 0 Å². The second-order valence-electron chi connectivity index (χ2n) is 8.58. The highest BCUT2D eigenvalue weighted by Crippen LogP contribution is 2.43. The van der Waals surface area contributed by atoms with Crippen molar-refractivity contribution in [1.82, 2.24) is 0 Å². The number of methoxy groups -OCH3 is 1. The Morgan fingerprint density at radius 1 is 1.09 bits per heavy atom. The largest absolute Gasteiger partial charge is 0.453 e. The number of rotatable bonds is 4. The molecule has 3 rings (SSSR count). The molecule has 0 spiro atoms. The van der Waals surface area contributed by atoms with E-state index in [2.05, 4.69) is 5.32 Å². The topological polar surface area (TPSA) is 122 Å². The van der Waals surface area contributed by atoms with E-state index in [1.807, 2.05) is 6.92 Å². The summed E-state index contributed by atoms with van der Waals surface area (Å²) < 4.78 is 34.0. The Morgan fingerprint density at radius 3 is 2.23 bits per heavy atom. The lowest BCUT2D eigenvalue weighted by molar-refractivity contribution is -0.117. The molecule has 1 aliphatic rings. The van der Waals surface area contributed by atoms with Gasteiger partial charge in [0.05, 0.1) is 41.2 Å². The molecular formula is C24H29N3O7S. The first-order valence-electron chi connectivity index (χ1n) is 10.9. The monoisotopic (exact) mass is 503 g/mol. The number of hydrogen-bond acceptors (Lipinski definition) is 7. The maximum absolute atomic E-state index is 12.9. The number of amides is 3. The Kier molecular flexibility index (Phi) is 7.39. The summed E-state index contributed by atoms with van der Waals surface area (Å²) in [6.07, 6.45) is -0.534. The van der Waals surface area contributed by atoms with Crippen molar-refractivity contribution in [2.45, 2.75) is 44.7 Å². The van der Waals surface area contributed by atoms with Gasteiger partial charge in [-0.25, -0.2) is 18.0 Å². The quantitative estimate of drug-likeness (QED) is 0.668. The van der Waals surface area contributed by atoms with Gasteiger partial charge in [-0.3, -0.25) is 15.0 Å². The van der Waals surface area contributed by atoms with Crippen LogP contribution in [0.15, 0.2) is 41.3 Å². The fraction of sp³-hybridized carbons (Fsp3) is 0.375. The number of hydrogen-bond donors (Lipinski definition) is 1. The number of nitrogens with one attached hydrogen (secondary N) is 1. The molecule has 35 heavy (non-hydrogen) atoms. The minimum Gasteiger partial charge on any atom is -0.453 e. The second kappa shape index (κ2) is 9.95. The zero-order valence-corrected chi connectivity index (χ0v) is 21.3. The summed E-state index contributed by atoms with van der Waals surface area (Å²) in [6, 6.07) is 9.03. The summed E-state index contributed by atoms with van der Waals surface area (Å²) in [7, 11) is -2.18. The molecule has 0 aromatic heterocycles. The van der Waals surface area contributed by atoms with Crippen molar-refractivity contribution >= 4 is 45.0 Å². The van der Waals surface area contributed by atoms with Crippen LogP contribution in [0.5, 0.6) is 0 Å². The predicted molar refractivity (Wildman–Crippen MR) is 133 cm³/mol. The first-order valence-corrected chi connectivity index (χ1v) is 12.8. The standard InChI is InChI=1S/C24H29N3O7S/c1-14(2)34-24(30)26-13-15(3)27(16(4)28)22-12-20(25-23(29)33-5)19(11-21(22)26)17-7-9-18(10-8-17)35(6,31)32/h7-12,14-15H,13H2,1-6H3,(H,25,29). The maximum Gasteiger partial charge on any atom is 0.414 e. The van der Waals surface area contributed by atoms with Crippen molar-refractivity contribution in [3.05, 3.63) is 36.4 Å². The van der Waals surface area contributed by atoms with E-state index >= 15 is 0 Å². The molecule has 1 heterocycles. The number of carbonyl (C=O) groups excluding carboxylic acids is 3. The number of sulfone groups is 1. The van der Waals surface area contributed by atoms with E-state index in [0.29, 0.717) is 28.2 Å². The average Bonchev–Trinajstić information content (AvgIpc) is 2.76. The van der Waals surface area contributed by atoms with E-state index < -0.39 is 22.0 Å². The third kappa shape index (κ3) is 5.56. The summed E-state index contributed by atoms with van der Waals surface area (Å²) in [5, 5.41) is 2.65. The molecule has 2 aromatic carbocycles. The lowest BCUT2D eigenvalue weighted by atomic mass is 9.98. The Hall–Kier alpha value is -3.60. The zero-order chi connectivity index (χ0) is 26.1. The molecule has 2 aromatic rings. The molecule has 3 amide bonds. The van der Waals surface area contributed by atoms with E-state index in [0.717, 1.165) is 6.26 Å². The highest BCUT2D eigenvalue weighted by Gasteiger charge is 2.36. The minimum absolute atomic E-state index is 0.139. The molecule has 0 fully saturated rings. The molecule has 10 nitrogen and oxygen atoms in total. The van der Waals surface area contributed by atoms with E-state index in [1.165, 1.54) is 31.1 Å². The first-order chi connectivity index (χ1) is 16.3. The second-order valence-corrected chi connectivity index (χ2v) is 10.6. The van der Waals surface area contributed by atoms with Crippen molar-refractivity contribution in [2.75, 3.05) is 35.0 Å². The van der Waals surface area contributed by atoms with Crippen LogP contribution in [0.4, 0.5) is 26.7 Å². The SMILES string of the molecule is COC(=O)Nc1cc2c(cc1-c1ccc(S(C)(=O)=O)cc1)N(C(=O)OC(C)C)CC(C)N2C(C)=O. The summed E-state index contributed by atoms with van der Waals surface area (Å²) >= 11 is 0. The van der Waals surface area contributed by atoms with Gasteiger partial charge in [0, 0.05) is 25.3 Å². The van der Waals surface area contributed by atoms with E-state index in [9.17, 15) is 22.8 Å². The van der Waals surface area contributed by atoms with Gasteiger partial charge in [-0.2, -0.15) is 0 Å². The lowest BCUT2D eigenvalue weighted by Gasteiger charge is -2.41. The van der Waals surface area contributed by atoms with Gasteiger partial charge in [-0.05, 0) is 50.6 Å². The Bertz CT molecular complexity index is 1260. The first kappa shape index (κ1) is 26.0. The highest BCUT2D eigenvalue weighted by atomic mass is 32.2. The summed E-state index contributed by atoms with van der Waals surface area (Å²) in [6.45, 7) is 6.92. The van der Waals surface area contributed by atoms with Gasteiger partial charge >= 0.3 is 12.2 Å². The van der Waals surface area contributed by atoms with Crippen LogP contribution < -0.4 is 15.1 Å². The smallest absolute Gasteiger partial charge is 0.414 e. The van der Waals surface area contributed by atoms with Gasteiger partial charge < -0.3 is 14.4 Å². The van der Waals surface area contributed by atoms with Crippen LogP contribution in [0.25, 0.3) is 11.1 Å². The number of anilines is 3. The summed E-state index contributed by atoms with van der Waals surface area (Å²) in [5.41, 5.74) is 2.23. The van der Waals surface area contributed by atoms with Crippen LogP contribution in [0, 0.1) is 0 Å². The fourth-order valence-corrected chi connectivity index (χ4v) is 4.60. The number of fused-ring (bicyclic) bond motifs is 1. The third-order valence-electron chi connectivity index (χ3n) is 5.46. The Morgan fingerprint density at radius 2 is 1.71 bits per heavy atom. The molecule has 1 atom stereocenters. The average molecular weight is 504 g/mol. The minimum atomic E-state index is -3.41. The van der Waals surface area contributed by atoms with Gasteiger partial charge in [0.25, 0.3) is 0 Å².